The van der Waals surface area contributed by atoms with Crippen LogP contribution in [0.4, 0.5) is 5.82 Å². The highest BCUT2D eigenvalue weighted by atomic mass is 16.5. The molecular formula is C19H20N4O3. The molecule has 0 aliphatic carbocycles. The molecule has 1 amide bonds. The van der Waals surface area contributed by atoms with Crippen LogP contribution >= 0.6 is 0 Å². The summed E-state index contributed by atoms with van der Waals surface area (Å²) in [5.41, 5.74) is 1.29. The van der Waals surface area contributed by atoms with E-state index >= 15 is 0 Å². The first-order chi connectivity index (χ1) is 12.7. The van der Waals surface area contributed by atoms with Crippen molar-refractivity contribution in [2.45, 2.75) is 20.0 Å². The molecule has 2 aromatic heterocycles. The van der Waals surface area contributed by atoms with Crippen LogP contribution in [0.15, 0.2) is 53.1 Å². The van der Waals surface area contributed by atoms with Crippen LogP contribution in [0.25, 0.3) is 0 Å². The van der Waals surface area contributed by atoms with Gasteiger partial charge in [0.05, 0.1) is 19.9 Å². The van der Waals surface area contributed by atoms with E-state index in [-0.39, 0.29) is 5.91 Å². The monoisotopic (exact) mass is 352 g/mol. The summed E-state index contributed by atoms with van der Waals surface area (Å²) in [7, 11) is 1.63. The number of para-hydroxylation sites is 1. The molecule has 0 saturated heterocycles. The second-order valence-corrected chi connectivity index (χ2v) is 5.61. The zero-order valence-corrected chi connectivity index (χ0v) is 14.7. The summed E-state index contributed by atoms with van der Waals surface area (Å²) < 4.78 is 10.5. The van der Waals surface area contributed by atoms with E-state index in [9.17, 15) is 4.79 Å². The topological polar surface area (TPSA) is 89.3 Å². The molecule has 2 heterocycles. The Morgan fingerprint density at radius 3 is 2.77 bits per heavy atom. The van der Waals surface area contributed by atoms with Crippen molar-refractivity contribution in [1.29, 1.82) is 0 Å². The third-order valence-electron chi connectivity index (χ3n) is 3.73. The van der Waals surface area contributed by atoms with Gasteiger partial charge < -0.3 is 19.8 Å². The van der Waals surface area contributed by atoms with Gasteiger partial charge in [0.1, 0.15) is 28.8 Å². The molecule has 0 atom stereocenters. The van der Waals surface area contributed by atoms with Crippen LogP contribution in [0.3, 0.4) is 0 Å². The third-order valence-corrected chi connectivity index (χ3v) is 3.73. The average molecular weight is 352 g/mol. The molecule has 0 fully saturated rings. The molecule has 0 spiro atoms. The van der Waals surface area contributed by atoms with Crippen LogP contribution in [-0.4, -0.2) is 23.0 Å². The van der Waals surface area contributed by atoms with Gasteiger partial charge in [-0.05, 0) is 25.1 Å². The number of hydrogen-bond donors (Lipinski definition) is 2. The Morgan fingerprint density at radius 2 is 2.00 bits per heavy atom. The van der Waals surface area contributed by atoms with Gasteiger partial charge in [0.25, 0.3) is 5.91 Å². The number of ether oxygens (including phenoxy) is 1. The van der Waals surface area contributed by atoms with Gasteiger partial charge in [-0.15, -0.1) is 0 Å². The maximum absolute atomic E-state index is 12.3. The van der Waals surface area contributed by atoms with E-state index in [4.69, 9.17) is 9.15 Å². The Hall–Kier alpha value is -3.35. The number of rotatable bonds is 7. The van der Waals surface area contributed by atoms with Gasteiger partial charge in [0, 0.05) is 18.2 Å². The Morgan fingerprint density at radius 1 is 1.15 bits per heavy atom. The highest BCUT2D eigenvalue weighted by Gasteiger charge is 2.11. The van der Waals surface area contributed by atoms with E-state index < -0.39 is 0 Å². The number of amides is 1. The summed E-state index contributed by atoms with van der Waals surface area (Å²) in [6.45, 7) is 2.57. The summed E-state index contributed by atoms with van der Waals surface area (Å²) in [6, 6.07) is 12.9. The molecule has 7 heteroatoms. The summed E-state index contributed by atoms with van der Waals surface area (Å²) in [6.07, 6.45) is 1.57. The Labute approximate surface area is 151 Å². The minimum atomic E-state index is -0.285. The maximum atomic E-state index is 12.3. The predicted molar refractivity (Wildman–Crippen MR) is 97.0 cm³/mol. The minimum Gasteiger partial charge on any atom is -0.496 e. The van der Waals surface area contributed by atoms with Crippen LogP contribution in [0.2, 0.25) is 0 Å². The van der Waals surface area contributed by atoms with Crippen molar-refractivity contribution in [3.63, 3.8) is 0 Å². The zero-order chi connectivity index (χ0) is 18.4. The molecule has 2 N–H and O–H groups in total. The number of benzene rings is 1. The number of carbonyl (C=O) groups is 1. The zero-order valence-electron chi connectivity index (χ0n) is 14.7. The van der Waals surface area contributed by atoms with E-state index in [0.29, 0.717) is 36.2 Å². The van der Waals surface area contributed by atoms with Crippen LogP contribution in [0.5, 0.6) is 5.75 Å². The molecule has 26 heavy (non-hydrogen) atoms. The van der Waals surface area contributed by atoms with Crippen LogP contribution in [0, 0.1) is 6.92 Å². The minimum absolute atomic E-state index is 0.285. The van der Waals surface area contributed by atoms with Gasteiger partial charge in [-0.25, -0.2) is 9.97 Å². The fraction of sp³-hybridized carbons (Fsp3) is 0.211. The first kappa shape index (κ1) is 17.5. The smallest absolute Gasteiger partial charge is 0.270 e. The number of hydrogen-bond acceptors (Lipinski definition) is 6. The number of furan rings is 1. The molecular weight excluding hydrogens is 332 g/mol. The van der Waals surface area contributed by atoms with Crippen molar-refractivity contribution >= 4 is 11.7 Å². The summed E-state index contributed by atoms with van der Waals surface area (Å²) >= 11 is 0. The molecule has 134 valence electrons. The standard InChI is InChI=1S/C19H20N4O3/c1-13-22-16(19(24)21-12-15-7-5-9-26-15)10-18(23-13)20-11-14-6-3-4-8-17(14)25-2/h3-10H,11-12H2,1-2H3,(H,21,24)(H,20,22,23). The van der Waals surface area contributed by atoms with Gasteiger partial charge in [0.2, 0.25) is 0 Å². The van der Waals surface area contributed by atoms with E-state index in [1.165, 1.54) is 0 Å². The van der Waals surface area contributed by atoms with Gasteiger partial charge in [-0.1, -0.05) is 18.2 Å². The molecule has 1 aromatic carbocycles. The normalized spacial score (nSPS) is 10.4. The lowest BCUT2D eigenvalue weighted by atomic mass is 10.2. The van der Waals surface area contributed by atoms with Crippen LogP contribution < -0.4 is 15.4 Å². The fourth-order valence-corrected chi connectivity index (χ4v) is 2.48. The lowest BCUT2D eigenvalue weighted by molar-refractivity contribution is 0.0942. The van der Waals surface area contributed by atoms with Gasteiger partial charge in [-0.3, -0.25) is 4.79 Å². The molecule has 0 radical (unpaired) electrons. The summed E-state index contributed by atoms with van der Waals surface area (Å²) in [5.74, 6) is 2.28. The number of anilines is 1. The molecule has 0 saturated carbocycles. The van der Waals surface area contributed by atoms with Gasteiger partial charge in [-0.2, -0.15) is 0 Å². The molecule has 0 unspecified atom stereocenters. The number of aromatic nitrogens is 2. The van der Waals surface area contributed by atoms with E-state index in [2.05, 4.69) is 20.6 Å². The van der Waals surface area contributed by atoms with E-state index in [1.54, 1.807) is 38.5 Å². The van der Waals surface area contributed by atoms with Crippen molar-refractivity contribution in [2.24, 2.45) is 0 Å². The summed E-state index contributed by atoms with van der Waals surface area (Å²) in [5, 5.41) is 5.99. The van der Waals surface area contributed by atoms with Crippen LogP contribution in [0.1, 0.15) is 27.6 Å². The van der Waals surface area contributed by atoms with E-state index in [0.717, 1.165) is 11.3 Å². The van der Waals surface area contributed by atoms with Crippen molar-refractivity contribution in [3.8, 4) is 5.75 Å². The molecule has 0 aliphatic rings. The predicted octanol–water partition coefficient (Wildman–Crippen LogP) is 2.93. The molecule has 0 bridgehead atoms. The molecule has 7 nitrogen and oxygen atoms in total. The number of aryl methyl sites for hydroxylation is 1. The van der Waals surface area contributed by atoms with Crippen LogP contribution in [-0.2, 0) is 13.1 Å². The van der Waals surface area contributed by atoms with Gasteiger partial charge in [0.15, 0.2) is 0 Å². The number of methoxy groups -OCH3 is 1. The van der Waals surface area contributed by atoms with Crippen molar-refractivity contribution in [3.05, 3.63) is 71.6 Å². The largest absolute Gasteiger partial charge is 0.496 e. The third kappa shape index (κ3) is 4.38. The first-order valence-corrected chi connectivity index (χ1v) is 8.18. The van der Waals surface area contributed by atoms with Crippen molar-refractivity contribution < 1.29 is 13.9 Å². The number of carbonyl (C=O) groups excluding carboxylic acids is 1. The molecule has 0 aliphatic heterocycles. The van der Waals surface area contributed by atoms with Crippen molar-refractivity contribution in [2.75, 3.05) is 12.4 Å². The molecule has 3 aromatic rings. The SMILES string of the molecule is COc1ccccc1CNc1cc(C(=O)NCc2ccco2)nc(C)n1. The highest BCUT2D eigenvalue weighted by molar-refractivity contribution is 5.92. The second-order valence-electron chi connectivity index (χ2n) is 5.61. The number of nitrogens with one attached hydrogen (secondary N) is 2. The van der Waals surface area contributed by atoms with E-state index in [1.807, 2.05) is 24.3 Å². The second kappa shape index (κ2) is 8.15. The quantitative estimate of drug-likeness (QED) is 0.680. The maximum Gasteiger partial charge on any atom is 0.270 e. The fourth-order valence-electron chi connectivity index (χ4n) is 2.48. The van der Waals surface area contributed by atoms with Crippen molar-refractivity contribution in [1.82, 2.24) is 15.3 Å². The number of nitrogens with zero attached hydrogens (tertiary/aromatic N) is 2. The summed E-state index contributed by atoms with van der Waals surface area (Å²) in [4.78, 5) is 20.9. The first-order valence-electron chi connectivity index (χ1n) is 8.18. The lowest BCUT2D eigenvalue weighted by Crippen LogP contribution is -2.24. The Balaban J connectivity index is 1.68. The highest BCUT2D eigenvalue weighted by Crippen LogP contribution is 2.18. The lowest BCUT2D eigenvalue weighted by Gasteiger charge is -2.11. The Kier molecular flexibility index (Phi) is 5.48. The van der Waals surface area contributed by atoms with Gasteiger partial charge >= 0.3 is 0 Å². The molecule has 3 rings (SSSR count). The average Bonchev–Trinajstić information content (AvgIpc) is 3.18. The Bertz CT molecular complexity index is 878.